The number of amides is 1. The predicted octanol–water partition coefficient (Wildman–Crippen LogP) is 3.06. The summed E-state index contributed by atoms with van der Waals surface area (Å²) in [6.45, 7) is 3.78. The Labute approximate surface area is 165 Å². The summed E-state index contributed by atoms with van der Waals surface area (Å²) >= 11 is 1.50. The molecule has 0 saturated carbocycles. The van der Waals surface area contributed by atoms with Gasteiger partial charge in [-0.3, -0.25) is 14.5 Å². The van der Waals surface area contributed by atoms with Gasteiger partial charge in [0.1, 0.15) is 4.83 Å². The summed E-state index contributed by atoms with van der Waals surface area (Å²) in [5.74, 6) is -0.244. The third kappa shape index (κ3) is 3.38. The van der Waals surface area contributed by atoms with Crippen molar-refractivity contribution in [2.75, 3.05) is 11.1 Å². The Bertz CT molecular complexity index is 1140. The standard InChI is InChI=1S/C17H17N7OS.ClH/c1-9-13(7-23(3)22-9)15-8-24-17(26-15)12(6-20-24)16(25)21-14-4-11(18)5-19-10(14)2;/h4-8H,18H2,1-3H3,(H,21,25);1H. The average Bonchev–Trinajstić information content (AvgIpc) is 3.24. The van der Waals surface area contributed by atoms with Crippen molar-refractivity contribution in [1.82, 2.24) is 24.4 Å². The van der Waals surface area contributed by atoms with Crippen LogP contribution in [0.15, 0.2) is 30.9 Å². The number of nitrogens with one attached hydrogen (secondary N) is 1. The van der Waals surface area contributed by atoms with Crippen LogP contribution < -0.4 is 11.1 Å². The third-order valence-electron chi connectivity index (χ3n) is 4.08. The topological polar surface area (TPSA) is 103 Å². The number of nitrogens with two attached hydrogens (primary N) is 1. The lowest BCUT2D eigenvalue weighted by Crippen LogP contribution is -2.13. The molecule has 0 aliphatic heterocycles. The number of anilines is 2. The van der Waals surface area contributed by atoms with E-state index in [9.17, 15) is 4.79 Å². The first kappa shape index (κ1) is 18.9. The molecule has 0 aromatic carbocycles. The number of nitrogens with zero attached hydrogens (tertiary/aromatic N) is 5. The Balaban J connectivity index is 0.00000210. The minimum absolute atomic E-state index is 0. The van der Waals surface area contributed by atoms with Crippen molar-refractivity contribution in [2.45, 2.75) is 13.8 Å². The van der Waals surface area contributed by atoms with Crippen molar-refractivity contribution < 1.29 is 4.79 Å². The molecule has 0 aliphatic carbocycles. The van der Waals surface area contributed by atoms with Gasteiger partial charge >= 0.3 is 0 Å². The first-order valence-corrected chi connectivity index (χ1v) is 8.75. The van der Waals surface area contributed by atoms with Gasteiger partial charge in [0.05, 0.1) is 45.6 Å². The van der Waals surface area contributed by atoms with Crippen molar-refractivity contribution in [3.8, 4) is 10.4 Å². The summed E-state index contributed by atoms with van der Waals surface area (Å²) in [6, 6.07) is 1.69. The monoisotopic (exact) mass is 403 g/mol. The molecule has 10 heteroatoms. The van der Waals surface area contributed by atoms with E-state index >= 15 is 0 Å². The van der Waals surface area contributed by atoms with Crippen LogP contribution >= 0.6 is 23.7 Å². The lowest BCUT2D eigenvalue weighted by Gasteiger charge is -2.07. The normalized spacial score (nSPS) is 10.8. The number of halogens is 1. The van der Waals surface area contributed by atoms with E-state index in [0.29, 0.717) is 22.6 Å². The molecule has 4 rings (SSSR count). The molecule has 0 saturated heterocycles. The minimum Gasteiger partial charge on any atom is -0.397 e. The number of rotatable bonds is 3. The van der Waals surface area contributed by atoms with Crippen LogP contribution in [0.5, 0.6) is 0 Å². The van der Waals surface area contributed by atoms with E-state index in [1.807, 2.05) is 33.3 Å². The van der Waals surface area contributed by atoms with E-state index in [1.165, 1.54) is 11.3 Å². The molecule has 4 heterocycles. The number of aryl methyl sites for hydroxylation is 3. The van der Waals surface area contributed by atoms with Gasteiger partial charge in [0.25, 0.3) is 5.91 Å². The van der Waals surface area contributed by atoms with Gasteiger partial charge in [0, 0.05) is 25.0 Å². The summed E-state index contributed by atoms with van der Waals surface area (Å²) in [4.78, 5) is 18.7. The van der Waals surface area contributed by atoms with E-state index in [2.05, 4.69) is 20.5 Å². The molecule has 1 amide bonds. The molecule has 3 N–H and O–H groups in total. The molecule has 0 atom stereocenters. The van der Waals surface area contributed by atoms with Crippen LogP contribution in [-0.4, -0.2) is 30.3 Å². The van der Waals surface area contributed by atoms with Gasteiger partial charge in [-0.15, -0.1) is 23.7 Å². The highest BCUT2D eigenvalue weighted by Crippen LogP contribution is 2.32. The Kier molecular flexibility index (Phi) is 4.90. The molecule has 4 aromatic heterocycles. The molecular weight excluding hydrogens is 386 g/mol. The zero-order valence-electron chi connectivity index (χ0n) is 14.9. The maximum Gasteiger partial charge on any atom is 0.260 e. The number of nitrogen functional groups attached to an aromatic ring is 1. The maximum atomic E-state index is 12.7. The molecule has 140 valence electrons. The second kappa shape index (κ2) is 7.01. The van der Waals surface area contributed by atoms with E-state index in [0.717, 1.165) is 21.0 Å². The molecule has 8 nitrogen and oxygen atoms in total. The second-order valence-corrected chi connectivity index (χ2v) is 7.09. The van der Waals surface area contributed by atoms with E-state index in [4.69, 9.17) is 5.73 Å². The van der Waals surface area contributed by atoms with Gasteiger partial charge in [-0.1, -0.05) is 0 Å². The van der Waals surface area contributed by atoms with Crippen LogP contribution in [0.2, 0.25) is 0 Å². The van der Waals surface area contributed by atoms with Crippen LogP contribution in [0.4, 0.5) is 11.4 Å². The molecule has 0 bridgehead atoms. The molecule has 4 aromatic rings. The Hall–Kier alpha value is -2.91. The van der Waals surface area contributed by atoms with E-state index in [1.54, 1.807) is 27.7 Å². The van der Waals surface area contributed by atoms with E-state index < -0.39 is 0 Å². The van der Waals surface area contributed by atoms with Crippen LogP contribution in [0, 0.1) is 13.8 Å². The molecule has 27 heavy (non-hydrogen) atoms. The highest BCUT2D eigenvalue weighted by atomic mass is 35.5. The summed E-state index contributed by atoms with van der Waals surface area (Å²) in [5.41, 5.74) is 10.0. The van der Waals surface area contributed by atoms with Crippen LogP contribution in [0.1, 0.15) is 21.7 Å². The Morgan fingerprint density at radius 1 is 1.22 bits per heavy atom. The lowest BCUT2D eigenvalue weighted by molar-refractivity contribution is 0.102. The molecule has 0 unspecified atom stereocenters. The van der Waals surface area contributed by atoms with Gasteiger partial charge in [0.15, 0.2) is 0 Å². The number of fused-ring (bicyclic) bond motifs is 1. The van der Waals surface area contributed by atoms with Gasteiger partial charge < -0.3 is 11.1 Å². The summed E-state index contributed by atoms with van der Waals surface area (Å²) < 4.78 is 3.49. The molecular formula is C17H18ClN7OS. The number of pyridine rings is 1. The van der Waals surface area contributed by atoms with Crippen molar-refractivity contribution in [1.29, 1.82) is 0 Å². The number of carbonyl (C=O) groups excluding carboxylic acids is 1. The summed E-state index contributed by atoms with van der Waals surface area (Å²) in [5, 5.41) is 11.5. The first-order valence-electron chi connectivity index (χ1n) is 7.93. The van der Waals surface area contributed by atoms with Gasteiger partial charge in [-0.2, -0.15) is 10.2 Å². The predicted molar refractivity (Wildman–Crippen MR) is 109 cm³/mol. The fraction of sp³-hybridized carbons (Fsp3) is 0.176. The number of carbonyl (C=O) groups is 1. The molecule has 0 aliphatic rings. The van der Waals surface area contributed by atoms with Gasteiger partial charge in [-0.05, 0) is 19.9 Å². The van der Waals surface area contributed by atoms with Crippen LogP contribution in [-0.2, 0) is 7.05 Å². The zero-order valence-corrected chi connectivity index (χ0v) is 16.6. The fourth-order valence-electron chi connectivity index (χ4n) is 2.77. The number of aromatic nitrogens is 5. The quantitative estimate of drug-likeness (QED) is 0.547. The number of hydrogen-bond donors (Lipinski definition) is 2. The summed E-state index contributed by atoms with van der Waals surface area (Å²) in [7, 11) is 1.88. The smallest absolute Gasteiger partial charge is 0.260 e. The Morgan fingerprint density at radius 2 is 2.00 bits per heavy atom. The SMILES string of the molecule is Cc1ncc(N)cc1NC(=O)c1cnn2cc(-c3cn(C)nc3C)sc12.Cl. The highest BCUT2D eigenvalue weighted by Gasteiger charge is 2.18. The first-order chi connectivity index (χ1) is 12.4. The third-order valence-corrected chi connectivity index (χ3v) is 5.22. The largest absolute Gasteiger partial charge is 0.397 e. The molecule has 0 radical (unpaired) electrons. The van der Waals surface area contributed by atoms with Crippen LogP contribution in [0.25, 0.3) is 15.3 Å². The van der Waals surface area contributed by atoms with Gasteiger partial charge in [-0.25, -0.2) is 4.52 Å². The van der Waals surface area contributed by atoms with Crippen molar-refractivity contribution >= 4 is 45.9 Å². The maximum absolute atomic E-state index is 12.7. The fourth-order valence-corrected chi connectivity index (χ4v) is 3.89. The molecule has 0 fully saturated rings. The van der Waals surface area contributed by atoms with E-state index in [-0.39, 0.29) is 18.3 Å². The lowest BCUT2D eigenvalue weighted by atomic mass is 10.2. The highest BCUT2D eigenvalue weighted by molar-refractivity contribution is 7.21. The van der Waals surface area contributed by atoms with Gasteiger partial charge in [0.2, 0.25) is 0 Å². The Morgan fingerprint density at radius 3 is 2.70 bits per heavy atom. The minimum atomic E-state index is -0.244. The number of hydrogen-bond acceptors (Lipinski definition) is 6. The summed E-state index contributed by atoms with van der Waals surface area (Å²) in [6.07, 6.45) is 7.00. The van der Waals surface area contributed by atoms with Crippen LogP contribution in [0.3, 0.4) is 0 Å². The van der Waals surface area contributed by atoms with Crippen molar-refractivity contribution in [2.24, 2.45) is 7.05 Å². The number of thiazole rings is 1. The average molecular weight is 404 g/mol. The zero-order chi connectivity index (χ0) is 18.4. The second-order valence-electron chi connectivity index (χ2n) is 6.06. The van der Waals surface area contributed by atoms with Crippen molar-refractivity contribution in [3.05, 3.63) is 47.8 Å². The molecule has 0 spiro atoms. The van der Waals surface area contributed by atoms with Crippen molar-refractivity contribution in [3.63, 3.8) is 0 Å².